The Balaban J connectivity index is 1.56. The minimum Gasteiger partial charge on any atom is -0.383 e. The number of benzene rings is 3. The summed E-state index contributed by atoms with van der Waals surface area (Å²) in [5, 5.41) is 1.12. The van der Waals surface area contributed by atoms with Gasteiger partial charge < -0.3 is 24.4 Å². The van der Waals surface area contributed by atoms with E-state index in [2.05, 4.69) is 11.1 Å². The summed E-state index contributed by atoms with van der Waals surface area (Å²) in [7, 11) is 5.49. The Hall–Kier alpha value is -4.17. The third-order valence-corrected chi connectivity index (χ3v) is 6.79. The number of aromatic amines is 1. The number of carbonyl (C=O) groups is 2. The van der Waals surface area contributed by atoms with E-state index >= 15 is 0 Å². The first-order chi connectivity index (χ1) is 18.9. The Morgan fingerprint density at radius 2 is 1.62 bits per heavy atom. The van der Waals surface area contributed by atoms with E-state index in [1.165, 1.54) is 30.2 Å². The summed E-state index contributed by atoms with van der Waals surface area (Å²) in [5.74, 6) is -1.37. The Morgan fingerprint density at radius 3 is 2.33 bits per heavy atom. The van der Waals surface area contributed by atoms with Crippen molar-refractivity contribution in [3.8, 4) is 0 Å². The molecule has 2 amide bonds. The normalized spacial score (nSPS) is 11.0. The lowest BCUT2D eigenvalue weighted by Gasteiger charge is -2.28. The maximum atomic E-state index is 14.4. The molecule has 0 saturated carbocycles. The molecule has 0 spiro atoms. The molecule has 0 fully saturated rings. The van der Waals surface area contributed by atoms with E-state index < -0.39 is 11.7 Å². The molecule has 4 aromatic rings. The lowest BCUT2D eigenvalue weighted by Crippen LogP contribution is -2.44. The maximum absolute atomic E-state index is 14.4. The molecule has 8 heteroatoms. The first-order valence-electron chi connectivity index (χ1n) is 13.0. The van der Waals surface area contributed by atoms with E-state index in [9.17, 15) is 14.0 Å². The zero-order valence-electron chi connectivity index (χ0n) is 22.7. The fourth-order valence-electron chi connectivity index (χ4n) is 4.53. The van der Waals surface area contributed by atoms with Gasteiger partial charge in [0, 0.05) is 63.6 Å². The van der Waals surface area contributed by atoms with Gasteiger partial charge in [0.25, 0.3) is 5.91 Å². The Kier molecular flexibility index (Phi) is 9.33. The van der Waals surface area contributed by atoms with Crippen LogP contribution in [0, 0.1) is 5.82 Å². The van der Waals surface area contributed by atoms with Crippen LogP contribution < -0.4 is 4.90 Å². The summed E-state index contributed by atoms with van der Waals surface area (Å²) < 4.78 is 19.6. The average Bonchev–Trinajstić information content (AvgIpc) is 3.36. The van der Waals surface area contributed by atoms with Crippen molar-refractivity contribution in [2.75, 3.05) is 52.3 Å². The summed E-state index contributed by atoms with van der Waals surface area (Å²) >= 11 is 0. The molecule has 0 unspecified atom stereocenters. The van der Waals surface area contributed by atoms with Crippen LogP contribution in [-0.2, 0) is 22.5 Å². The standard InChI is InChI=1S/C31H35FN4O3/c1-34(2)25-14-12-23(13-15-25)21-35(17-16-24-20-33-29-11-7-5-8-26(24)29)30(37)22-36(18-19-39-3)31(38)27-9-4-6-10-28(27)32/h4-15,20,33H,16-19,21-22H2,1-3H3. The minimum atomic E-state index is -0.616. The molecule has 204 valence electrons. The van der Waals surface area contributed by atoms with E-state index in [1.807, 2.05) is 67.7 Å². The third kappa shape index (κ3) is 7.03. The fourth-order valence-corrected chi connectivity index (χ4v) is 4.53. The number of carbonyl (C=O) groups excluding carboxylic acids is 2. The van der Waals surface area contributed by atoms with Gasteiger partial charge in [0.05, 0.1) is 12.2 Å². The number of rotatable bonds is 12. The molecular weight excluding hydrogens is 495 g/mol. The smallest absolute Gasteiger partial charge is 0.257 e. The van der Waals surface area contributed by atoms with E-state index in [-0.39, 0.29) is 31.2 Å². The third-order valence-electron chi connectivity index (χ3n) is 6.79. The topological polar surface area (TPSA) is 68.9 Å². The number of hydrogen-bond acceptors (Lipinski definition) is 4. The van der Waals surface area contributed by atoms with Gasteiger partial charge in [-0.05, 0) is 47.9 Å². The number of anilines is 1. The summed E-state index contributed by atoms with van der Waals surface area (Å²) in [6, 6.07) is 21.9. The van der Waals surface area contributed by atoms with Gasteiger partial charge in [-0.15, -0.1) is 0 Å². The number of aromatic nitrogens is 1. The van der Waals surface area contributed by atoms with Crippen LogP contribution in [0.5, 0.6) is 0 Å². The van der Waals surface area contributed by atoms with Crippen LogP contribution in [0.2, 0.25) is 0 Å². The highest BCUT2D eigenvalue weighted by molar-refractivity contribution is 5.96. The Morgan fingerprint density at radius 1 is 0.897 bits per heavy atom. The van der Waals surface area contributed by atoms with Crippen LogP contribution >= 0.6 is 0 Å². The molecule has 1 aromatic heterocycles. The molecule has 1 N–H and O–H groups in total. The van der Waals surface area contributed by atoms with E-state index in [4.69, 9.17) is 4.74 Å². The van der Waals surface area contributed by atoms with E-state index in [0.29, 0.717) is 19.5 Å². The molecule has 0 aliphatic rings. The number of hydrogen-bond donors (Lipinski definition) is 1. The van der Waals surface area contributed by atoms with Gasteiger partial charge in [0.15, 0.2) is 0 Å². The lowest BCUT2D eigenvalue weighted by molar-refractivity contribution is -0.132. The number of amides is 2. The number of H-pyrrole nitrogens is 1. The molecule has 0 saturated heterocycles. The van der Waals surface area contributed by atoms with Gasteiger partial charge in [-0.1, -0.05) is 42.5 Å². The van der Waals surface area contributed by atoms with E-state index in [1.54, 1.807) is 11.0 Å². The fraction of sp³-hybridized carbons (Fsp3) is 0.290. The number of nitrogens with zero attached hydrogens (tertiary/aromatic N) is 3. The minimum absolute atomic E-state index is 0.0639. The summed E-state index contributed by atoms with van der Waals surface area (Å²) in [6.45, 7) is 1.07. The van der Waals surface area contributed by atoms with Crippen molar-refractivity contribution in [2.45, 2.75) is 13.0 Å². The predicted molar refractivity (Wildman–Crippen MR) is 152 cm³/mol. The SMILES string of the molecule is COCCN(CC(=O)N(CCc1c[nH]c2ccccc12)Cc1ccc(N(C)C)cc1)C(=O)c1ccccc1F. The summed E-state index contributed by atoms with van der Waals surface area (Å²) in [6.07, 6.45) is 2.62. The van der Waals surface area contributed by atoms with Crippen molar-refractivity contribution >= 4 is 28.4 Å². The molecule has 0 aliphatic heterocycles. The zero-order chi connectivity index (χ0) is 27.8. The average molecular weight is 531 g/mol. The highest BCUT2D eigenvalue weighted by atomic mass is 19.1. The second-order valence-corrected chi connectivity index (χ2v) is 9.69. The Labute approximate surface area is 228 Å². The highest BCUT2D eigenvalue weighted by Gasteiger charge is 2.24. The van der Waals surface area contributed by atoms with Crippen LogP contribution in [-0.4, -0.2) is 74.0 Å². The van der Waals surface area contributed by atoms with Crippen LogP contribution in [0.25, 0.3) is 10.9 Å². The van der Waals surface area contributed by atoms with Gasteiger partial charge in [0.1, 0.15) is 12.4 Å². The largest absolute Gasteiger partial charge is 0.383 e. The predicted octanol–water partition coefficient (Wildman–Crippen LogP) is 4.73. The Bertz CT molecular complexity index is 1400. The molecular formula is C31H35FN4O3. The molecule has 0 aliphatic carbocycles. The first-order valence-corrected chi connectivity index (χ1v) is 13.0. The van der Waals surface area contributed by atoms with Gasteiger partial charge >= 0.3 is 0 Å². The van der Waals surface area contributed by atoms with Crippen molar-refractivity contribution in [3.05, 3.63) is 102 Å². The molecule has 0 atom stereocenters. The van der Waals surface area contributed by atoms with Gasteiger partial charge in [-0.2, -0.15) is 0 Å². The van der Waals surface area contributed by atoms with Crippen molar-refractivity contribution in [1.29, 1.82) is 0 Å². The number of nitrogens with one attached hydrogen (secondary N) is 1. The van der Waals surface area contributed by atoms with E-state index in [0.717, 1.165) is 27.7 Å². The zero-order valence-corrected chi connectivity index (χ0v) is 22.7. The molecule has 4 rings (SSSR count). The number of halogens is 1. The van der Waals surface area contributed by atoms with Crippen molar-refractivity contribution in [2.24, 2.45) is 0 Å². The molecule has 39 heavy (non-hydrogen) atoms. The molecule has 0 bridgehead atoms. The van der Waals surface area contributed by atoms with Gasteiger partial charge in [0.2, 0.25) is 5.91 Å². The van der Waals surface area contributed by atoms with Crippen molar-refractivity contribution in [3.63, 3.8) is 0 Å². The van der Waals surface area contributed by atoms with Gasteiger partial charge in [-0.25, -0.2) is 4.39 Å². The number of fused-ring (bicyclic) bond motifs is 1. The first kappa shape index (κ1) is 27.9. The van der Waals surface area contributed by atoms with Crippen LogP contribution in [0.1, 0.15) is 21.5 Å². The maximum Gasteiger partial charge on any atom is 0.257 e. The van der Waals surface area contributed by atoms with Crippen LogP contribution in [0.3, 0.4) is 0 Å². The monoisotopic (exact) mass is 530 g/mol. The molecule has 7 nitrogen and oxygen atoms in total. The van der Waals surface area contributed by atoms with Crippen LogP contribution in [0.4, 0.5) is 10.1 Å². The van der Waals surface area contributed by atoms with Gasteiger partial charge in [-0.3, -0.25) is 9.59 Å². The summed E-state index contributed by atoms with van der Waals surface area (Å²) in [4.78, 5) is 35.4. The molecule has 3 aromatic carbocycles. The van der Waals surface area contributed by atoms with Crippen molar-refractivity contribution in [1.82, 2.24) is 14.8 Å². The molecule has 1 heterocycles. The number of para-hydroxylation sites is 1. The van der Waals surface area contributed by atoms with Crippen LogP contribution in [0.15, 0.2) is 79.0 Å². The highest BCUT2D eigenvalue weighted by Crippen LogP contribution is 2.20. The summed E-state index contributed by atoms with van der Waals surface area (Å²) in [5.41, 5.74) is 4.15. The number of methoxy groups -OCH3 is 1. The molecule has 0 radical (unpaired) electrons. The second-order valence-electron chi connectivity index (χ2n) is 9.69. The second kappa shape index (κ2) is 13.1. The number of ether oxygens (including phenoxy) is 1. The quantitative estimate of drug-likeness (QED) is 0.288. The lowest BCUT2D eigenvalue weighted by atomic mass is 10.1. The van der Waals surface area contributed by atoms with Crippen molar-refractivity contribution < 1.29 is 18.7 Å².